The maximum absolute atomic E-state index is 11.0. The summed E-state index contributed by atoms with van der Waals surface area (Å²) < 4.78 is 9.72. The van der Waals surface area contributed by atoms with Crippen LogP contribution in [0.2, 0.25) is 0 Å². The minimum atomic E-state index is -0.197. The molecular formula is C10H15NO3. The summed E-state index contributed by atoms with van der Waals surface area (Å²) >= 11 is 0. The SMILES string of the molecule is COC(=O)[C@@H](C)CNCc1ccco1. The zero-order chi connectivity index (χ0) is 10.4. The molecule has 0 saturated heterocycles. The second-order valence-electron chi connectivity index (χ2n) is 3.13. The third kappa shape index (κ3) is 3.22. The van der Waals surface area contributed by atoms with Gasteiger partial charge in [-0.2, -0.15) is 0 Å². The lowest BCUT2D eigenvalue weighted by Gasteiger charge is -2.08. The van der Waals surface area contributed by atoms with Gasteiger partial charge >= 0.3 is 5.97 Å². The minimum absolute atomic E-state index is 0.130. The average molecular weight is 197 g/mol. The number of furan rings is 1. The predicted octanol–water partition coefficient (Wildman–Crippen LogP) is 1.18. The Kier molecular flexibility index (Phi) is 4.19. The van der Waals surface area contributed by atoms with Crippen LogP contribution in [0, 0.1) is 5.92 Å². The van der Waals surface area contributed by atoms with Crippen molar-refractivity contribution in [3.8, 4) is 0 Å². The van der Waals surface area contributed by atoms with Crippen molar-refractivity contribution < 1.29 is 13.9 Å². The fourth-order valence-corrected chi connectivity index (χ4v) is 1.11. The fraction of sp³-hybridized carbons (Fsp3) is 0.500. The van der Waals surface area contributed by atoms with Gasteiger partial charge in [0, 0.05) is 6.54 Å². The molecule has 1 aromatic rings. The normalized spacial score (nSPS) is 12.4. The Hall–Kier alpha value is -1.29. The molecule has 1 heterocycles. The summed E-state index contributed by atoms with van der Waals surface area (Å²) in [7, 11) is 1.39. The molecule has 0 aliphatic rings. The molecule has 0 fully saturated rings. The van der Waals surface area contributed by atoms with E-state index in [4.69, 9.17) is 4.42 Å². The molecule has 0 aliphatic carbocycles. The first-order valence-corrected chi connectivity index (χ1v) is 4.55. The number of hydrogen-bond acceptors (Lipinski definition) is 4. The third-order valence-corrected chi connectivity index (χ3v) is 1.93. The molecule has 1 atom stereocenters. The maximum Gasteiger partial charge on any atom is 0.309 e. The van der Waals surface area contributed by atoms with Crippen LogP contribution in [-0.2, 0) is 16.1 Å². The van der Waals surface area contributed by atoms with Crippen LogP contribution in [0.1, 0.15) is 12.7 Å². The molecular weight excluding hydrogens is 182 g/mol. The van der Waals surface area contributed by atoms with Gasteiger partial charge in [-0.1, -0.05) is 6.92 Å². The van der Waals surface area contributed by atoms with Gasteiger partial charge in [0.1, 0.15) is 5.76 Å². The van der Waals surface area contributed by atoms with Crippen molar-refractivity contribution in [2.45, 2.75) is 13.5 Å². The molecule has 78 valence electrons. The summed E-state index contributed by atoms with van der Waals surface area (Å²) in [6, 6.07) is 3.72. The number of ether oxygens (including phenoxy) is 1. The monoisotopic (exact) mass is 197 g/mol. The van der Waals surface area contributed by atoms with E-state index in [-0.39, 0.29) is 11.9 Å². The van der Waals surface area contributed by atoms with Crippen molar-refractivity contribution >= 4 is 5.97 Å². The van der Waals surface area contributed by atoms with E-state index in [0.29, 0.717) is 13.1 Å². The lowest BCUT2D eigenvalue weighted by Crippen LogP contribution is -2.26. The number of rotatable bonds is 5. The molecule has 0 amide bonds. The zero-order valence-electron chi connectivity index (χ0n) is 8.45. The topological polar surface area (TPSA) is 51.5 Å². The van der Waals surface area contributed by atoms with Crippen LogP contribution in [0.4, 0.5) is 0 Å². The van der Waals surface area contributed by atoms with Gasteiger partial charge in [-0.15, -0.1) is 0 Å². The van der Waals surface area contributed by atoms with Crippen LogP contribution in [0.5, 0.6) is 0 Å². The molecule has 0 aromatic carbocycles. The largest absolute Gasteiger partial charge is 0.469 e. The highest BCUT2D eigenvalue weighted by Crippen LogP contribution is 2.00. The summed E-state index contributed by atoms with van der Waals surface area (Å²) in [6.45, 7) is 3.04. The molecule has 4 heteroatoms. The second kappa shape index (κ2) is 5.44. The first-order chi connectivity index (χ1) is 6.74. The van der Waals surface area contributed by atoms with Crippen molar-refractivity contribution in [3.05, 3.63) is 24.2 Å². The van der Waals surface area contributed by atoms with E-state index in [1.807, 2.05) is 19.1 Å². The van der Waals surface area contributed by atoms with Gasteiger partial charge in [0.15, 0.2) is 0 Å². The average Bonchev–Trinajstić information content (AvgIpc) is 2.69. The van der Waals surface area contributed by atoms with Crippen LogP contribution in [0.25, 0.3) is 0 Å². The number of esters is 1. The van der Waals surface area contributed by atoms with Crippen LogP contribution in [0.3, 0.4) is 0 Å². The molecule has 1 aromatic heterocycles. The maximum atomic E-state index is 11.0. The number of hydrogen-bond donors (Lipinski definition) is 1. The molecule has 1 rings (SSSR count). The Balaban J connectivity index is 2.18. The molecule has 0 aliphatic heterocycles. The molecule has 1 N–H and O–H groups in total. The van der Waals surface area contributed by atoms with Crippen LogP contribution in [0.15, 0.2) is 22.8 Å². The molecule has 0 spiro atoms. The molecule has 14 heavy (non-hydrogen) atoms. The number of carbonyl (C=O) groups excluding carboxylic acids is 1. The molecule has 0 saturated carbocycles. The number of nitrogens with one attached hydrogen (secondary N) is 1. The Morgan fingerprint density at radius 3 is 3.07 bits per heavy atom. The van der Waals surface area contributed by atoms with Gasteiger partial charge in [0.25, 0.3) is 0 Å². The number of methoxy groups -OCH3 is 1. The van der Waals surface area contributed by atoms with Gasteiger partial charge in [-0.05, 0) is 12.1 Å². The highest BCUT2D eigenvalue weighted by molar-refractivity contribution is 5.71. The summed E-state index contributed by atoms with van der Waals surface area (Å²) in [5.41, 5.74) is 0. The standard InChI is InChI=1S/C10H15NO3/c1-8(10(12)13-2)6-11-7-9-4-3-5-14-9/h3-5,8,11H,6-7H2,1-2H3/t8-/m0/s1. The van der Waals surface area contributed by atoms with Gasteiger partial charge in [0.2, 0.25) is 0 Å². The summed E-state index contributed by atoms with van der Waals surface area (Å²) in [6.07, 6.45) is 1.63. The second-order valence-corrected chi connectivity index (χ2v) is 3.13. The van der Waals surface area contributed by atoms with Crippen molar-refractivity contribution in [2.75, 3.05) is 13.7 Å². The smallest absolute Gasteiger partial charge is 0.309 e. The third-order valence-electron chi connectivity index (χ3n) is 1.93. The van der Waals surface area contributed by atoms with E-state index < -0.39 is 0 Å². The highest BCUT2D eigenvalue weighted by Gasteiger charge is 2.11. The Morgan fingerprint density at radius 1 is 1.71 bits per heavy atom. The Labute approximate surface area is 83.2 Å². The predicted molar refractivity (Wildman–Crippen MR) is 51.6 cm³/mol. The van der Waals surface area contributed by atoms with Gasteiger partial charge in [-0.25, -0.2) is 0 Å². The fourth-order valence-electron chi connectivity index (χ4n) is 1.11. The van der Waals surface area contributed by atoms with Gasteiger partial charge < -0.3 is 14.5 Å². The molecule has 4 nitrogen and oxygen atoms in total. The van der Waals surface area contributed by atoms with Crippen LogP contribution >= 0.6 is 0 Å². The van der Waals surface area contributed by atoms with Crippen molar-refractivity contribution in [2.24, 2.45) is 5.92 Å². The van der Waals surface area contributed by atoms with E-state index in [1.165, 1.54) is 7.11 Å². The van der Waals surface area contributed by atoms with E-state index in [9.17, 15) is 4.79 Å². The Bertz CT molecular complexity index is 269. The van der Waals surface area contributed by atoms with Crippen molar-refractivity contribution in [3.63, 3.8) is 0 Å². The first kappa shape index (κ1) is 10.8. The summed E-state index contributed by atoms with van der Waals surface area (Å²) in [5.74, 6) is 0.536. The van der Waals surface area contributed by atoms with Gasteiger partial charge in [0.05, 0.1) is 25.8 Å². The van der Waals surface area contributed by atoms with E-state index in [0.717, 1.165) is 5.76 Å². The zero-order valence-corrected chi connectivity index (χ0v) is 8.45. The van der Waals surface area contributed by atoms with Crippen LogP contribution < -0.4 is 5.32 Å². The van der Waals surface area contributed by atoms with Crippen LogP contribution in [-0.4, -0.2) is 19.6 Å². The minimum Gasteiger partial charge on any atom is -0.469 e. The highest BCUT2D eigenvalue weighted by atomic mass is 16.5. The van der Waals surface area contributed by atoms with E-state index in [2.05, 4.69) is 10.1 Å². The molecule has 0 unspecified atom stereocenters. The van der Waals surface area contributed by atoms with Crippen molar-refractivity contribution in [1.29, 1.82) is 0 Å². The molecule has 0 bridgehead atoms. The van der Waals surface area contributed by atoms with E-state index >= 15 is 0 Å². The summed E-state index contributed by atoms with van der Waals surface area (Å²) in [4.78, 5) is 11.0. The summed E-state index contributed by atoms with van der Waals surface area (Å²) in [5, 5.41) is 3.11. The molecule has 0 radical (unpaired) electrons. The lowest BCUT2D eigenvalue weighted by atomic mass is 10.2. The van der Waals surface area contributed by atoms with Gasteiger partial charge in [-0.3, -0.25) is 4.79 Å². The lowest BCUT2D eigenvalue weighted by molar-refractivity contribution is -0.144. The number of carbonyl (C=O) groups is 1. The quantitative estimate of drug-likeness (QED) is 0.720. The first-order valence-electron chi connectivity index (χ1n) is 4.55. The van der Waals surface area contributed by atoms with E-state index in [1.54, 1.807) is 6.26 Å². The Morgan fingerprint density at radius 2 is 2.50 bits per heavy atom. The van der Waals surface area contributed by atoms with Crippen molar-refractivity contribution in [1.82, 2.24) is 5.32 Å².